The number of ether oxygens (including phenoxy) is 1. The second-order valence-electron chi connectivity index (χ2n) is 5.43. The van der Waals surface area contributed by atoms with Crippen LogP contribution in [0.2, 0.25) is 0 Å². The maximum absolute atomic E-state index is 5.77. The van der Waals surface area contributed by atoms with Gasteiger partial charge in [0.2, 0.25) is 11.9 Å². The molecule has 0 saturated carbocycles. The minimum absolute atomic E-state index is 0.476. The van der Waals surface area contributed by atoms with Crippen molar-refractivity contribution in [2.75, 3.05) is 42.3 Å². The number of anilines is 4. The fraction of sp³-hybridized carbons (Fsp3) is 0.267. The second kappa shape index (κ2) is 6.20. The first-order valence-corrected chi connectivity index (χ1v) is 7.71. The molecule has 1 fully saturated rings. The van der Waals surface area contributed by atoms with Gasteiger partial charge in [0, 0.05) is 31.0 Å². The topological polar surface area (TPSA) is 121 Å². The predicted molar refractivity (Wildman–Crippen MR) is 91.1 cm³/mol. The minimum atomic E-state index is 0.476. The summed E-state index contributed by atoms with van der Waals surface area (Å²) in [4.78, 5) is 21.7. The van der Waals surface area contributed by atoms with Crippen LogP contribution in [0.1, 0.15) is 0 Å². The van der Waals surface area contributed by atoms with Gasteiger partial charge in [-0.2, -0.15) is 15.0 Å². The van der Waals surface area contributed by atoms with Crippen LogP contribution >= 0.6 is 0 Å². The first kappa shape index (κ1) is 14.5. The molecule has 0 spiro atoms. The fourth-order valence-electron chi connectivity index (χ4n) is 2.52. The van der Waals surface area contributed by atoms with Gasteiger partial charge in [-0.05, 0) is 18.2 Å². The minimum Gasteiger partial charge on any atom is -0.385 e. The Hall–Kier alpha value is -3.07. The molecular weight excluding hydrogens is 308 g/mol. The average molecular weight is 326 g/mol. The van der Waals surface area contributed by atoms with E-state index in [0.717, 1.165) is 24.5 Å². The van der Waals surface area contributed by atoms with Gasteiger partial charge in [0.25, 0.3) is 0 Å². The van der Waals surface area contributed by atoms with Gasteiger partial charge in [0.05, 0.1) is 13.2 Å². The molecule has 1 aliphatic rings. The molecule has 5 N–H and O–H groups in total. The summed E-state index contributed by atoms with van der Waals surface area (Å²) in [5, 5.41) is 3.16. The van der Waals surface area contributed by atoms with Gasteiger partial charge in [-0.1, -0.05) is 0 Å². The first-order chi connectivity index (χ1) is 11.8. The highest BCUT2D eigenvalue weighted by Gasteiger charge is 2.17. The van der Waals surface area contributed by atoms with E-state index in [1.165, 1.54) is 0 Å². The Morgan fingerprint density at radius 1 is 1.17 bits per heavy atom. The number of morpholine rings is 1. The summed E-state index contributed by atoms with van der Waals surface area (Å²) < 4.78 is 5.40. The van der Waals surface area contributed by atoms with Crippen molar-refractivity contribution in [2.24, 2.45) is 0 Å². The van der Waals surface area contributed by atoms with Gasteiger partial charge in [0.1, 0.15) is 11.6 Å². The molecule has 1 saturated heterocycles. The Bertz CT molecular complexity index is 807. The molecule has 0 aliphatic carbocycles. The third-order valence-corrected chi connectivity index (χ3v) is 3.73. The van der Waals surface area contributed by atoms with Crippen LogP contribution in [0.3, 0.4) is 0 Å². The fourth-order valence-corrected chi connectivity index (χ4v) is 2.52. The Morgan fingerprint density at radius 3 is 2.75 bits per heavy atom. The largest absolute Gasteiger partial charge is 0.385 e. The van der Waals surface area contributed by atoms with Crippen molar-refractivity contribution in [1.82, 2.24) is 24.9 Å². The second-order valence-corrected chi connectivity index (χ2v) is 5.43. The monoisotopic (exact) mass is 326 g/mol. The lowest BCUT2D eigenvalue weighted by Gasteiger charge is -2.27. The van der Waals surface area contributed by atoms with Gasteiger partial charge >= 0.3 is 0 Å². The molecule has 24 heavy (non-hydrogen) atoms. The lowest BCUT2D eigenvalue weighted by molar-refractivity contribution is 0.122. The molecule has 0 amide bonds. The number of hydrogen-bond acceptors (Lipinski definition) is 7. The van der Waals surface area contributed by atoms with Crippen LogP contribution in [-0.2, 0) is 4.74 Å². The van der Waals surface area contributed by atoms with Gasteiger partial charge < -0.3 is 30.7 Å². The van der Waals surface area contributed by atoms with Crippen molar-refractivity contribution in [3.63, 3.8) is 0 Å². The van der Waals surface area contributed by atoms with Crippen LogP contribution in [0.5, 0.6) is 0 Å². The van der Waals surface area contributed by atoms with Crippen LogP contribution in [0.25, 0.3) is 11.4 Å². The number of aromatic amines is 2. The third kappa shape index (κ3) is 3.01. The zero-order valence-electron chi connectivity index (χ0n) is 13.0. The van der Waals surface area contributed by atoms with E-state index in [-0.39, 0.29) is 0 Å². The highest BCUT2D eigenvalue weighted by Crippen LogP contribution is 2.23. The normalized spacial score (nSPS) is 14.8. The molecule has 4 heterocycles. The van der Waals surface area contributed by atoms with Crippen molar-refractivity contribution in [2.45, 2.75) is 0 Å². The Labute approximate surface area is 138 Å². The smallest absolute Gasteiger partial charge is 0.233 e. The van der Waals surface area contributed by atoms with Gasteiger partial charge in [-0.25, -0.2) is 0 Å². The molecule has 0 aromatic carbocycles. The van der Waals surface area contributed by atoms with Crippen LogP contribution in [0.4, 0.5) is 23.5 Å². The van der Waals surface area contributed by atoms with Crippen molar-refractivity contribution >= 4 is 23.5 Å². The molecular formula is C15H18N8O. The number of nitrogens with zero attached hydrogens (tertiary/aromatic N) is 4. The first-order valence-electron chi connectivity index (χ1n) is 7.71. The van der Waals surface area contributed by atoms with E-state index in [1.807, 2.05) is 18.3 Å². The third-order valence-electron chi connectivity index (χ3n) is 3.73. The van der Waals surface area contributed by atoms with E-state index in [0.29, 0.717) is 36.8 Å². The van der Waals surface area contributed by atoms with E-state index in [2.05, 4.69) is 35.1 Å². The highest BCUT2D eigenvalue weighted by atomic mass is 16.5. The summed E-state index contributed by atoms with van der Waals surface area (Å²) in [6.45, 7) is 2.83. The molecule has 4 rings (SSSR count). The maximum Gasteiger partial charge on any atom is 0.233 e. The summed E-state index contributed by atoms with van der Waals surface area (Å²) >= 11 is 0. The van der Waals surface area contributed by atoms with Crippen molar-refractivity contribution in [3.8, 4) is 11.4 Å². The zero-order chi connectivity index (χ0) is 16.4. The van der Waals surface area contributed by atoms with E-state index in [4.69, 9.17) is 10.5 Å². The molecule has 9 nitrogen and oxygen atoms in total. The molecule has 3 aromatic heterocycles. The quantitative estimate of drug-likeness (QED) is 0.571. The summed E-state index contributed by atoms with van der Waals surface area (Å²) in [5.74, 6) is 3.04. The summed E-state index contributed by atoms with van der Waals surface area (Å²) in [7, 11) is 0. The Balaban J connectivity index is 1.71. The molecule has 0 bridgehead atoms. The lowest BCUT2D eigenvalue weighted by atomic mass is 10.3. The molecule has 0 radical (unpaired) electrons. The molecule has 0 atom stereocenters. The maximum atomic E-state index is 5.77. The number of aromatic nitrogens is 5. The van der Waals surface area contributed by atoms with Gasteiger partial charge in [0.15, 0.2) is 5.82 Å². The van der Waals surface area contributed by atoms with Gasteiger partial charge in [-0.3, -0.25) is 0 Å². The number of nitrogen functional groups attached to an aromatic ring is 1. The average Bonchev–Trinajstić information content (AvgIpc) is 3.27. The molecule has 124 valence electrons. The molecule has 9 heteroatoms. The van der Waals surface area contributed by atoms with Crippen LogP contribution < -0.4 is 16.0 Å². The van der Waals surface area contributed by atoms with Crippen molar-refractivity contribution in [3.05, 3.63) is 30.6 Å². The number of rotatable bonds is 4. The number of hydrogen-bond donors (Lipinski definition) is 4. The van der Waals surface area contributed by atoms with E-state index in [1.54, 1.807) is 12.3 Å². The van der Waals surface area contributed by atoms with Gasteiger partial charge in [-0.15, -0.1) is 0 Å². The lowest BCUT2D eigenvalue weighted by Crippen LogP contribution is -2.37. The van der Waals surface area contributed by atoms with E-state index in [9.17, 15) is 0 Å². The molecule has 3 aromatic rings. The Kier molecular flexibility index (Phi) is 3.75. The predicted octanol–water partition coefficient (Wildman–Crippen LogP) is 1.36. The summed E-state index contributed by atoms with van der Waals surface area (Å²) in [6, 6.07) is 5.61. The summed E-state index contributed by atoms with van der Waals surface area (Å²) in [5.41, 5.74) is 6.59. The van der Waals surface area contributed by atoms with Crippen LogP contribution in [-0.4, -0.2) is 51.2 Å². The van der Waals surface area contributed by atoms with Crippen LogP contribution in [0, 0.1) is 0 Å². The Morgan fingerprint density at radius 2 is 2.04 bits per heavy atom. The van der Waals surface area contributed by atoms with Crippen molar-refractivity contribution < 1.29 is 4.74 Å². The highest BCUT2D eigenvalue weighted by molar-refractivity contribution is 5.63. The zero-order valence-corrected chi connectivity index (χ0v) is 13.0. The standard InChI is InChI=1S/C15H18N8O/c16-11-8-10(9-18-11)13-20-14(19-12-2-1-3-17-12)22-15(21-13)23-4-6-24-7-5-23/h1-3,8-9,17-18H,4-7,16H2,(H,19,20,21,22). The van der Waals surface area contributed by atoms with Crippen LogP contribution in [0.15, 0.2) is 30.6 Å². The molecule has 1 aliphatic heterocycles. The van der Waals surface area contributed by atoms with E-state index >= 15 is 0 Å². The number of H-pyrrole nitrogens is 2. The molecule has 0 unspecified atom stereocenters. The van der Waals surface area contributed by atoms with E-state index < -0.39 is 0 Å². The number of nitrogens with one attached hydrogen (secondary N) is 3. The SMILES string of the molecule is Nc1cc(-c2nc(Nc3ccc[nH]3)nc(N3CCOCC3)n2)c[nH]1. The summed E-state index contributed by atoms with van der Waals surface area (Å²) in [6.07, 6.45) is 3.62. The number of nitrogens with two attached hydrogens (primary N) is 1. The van der Waals surface area contributed by atoms with Crippen molar-refractivity contribution in [1.29, 1.82) is 0 Å².